The van der Waals surface area contributed by atoms with Crippen LogP contribution in [0.5, 0.6) is 0 Å². The van der Waals surface area contributed by atoms with Crippen molar-refractivity contribution in [2.24, 2.45) is 0 Å². The van der Waals surface area contributed by atoms with Crippen LogP contribution in [0.4, 0.5) is 17.1 Å². The van der Waals surface area contributed by atoms with Crippen LogP contribution in [0.15, 0.2) is 53.4 Å². The molecule has 0 unspecified atom stereocenters. The van der Waals surface area contributed by atoms with E-state index in [-0.39, 0.29) is 17.7 Å². The first-order valence-electron chi connectivity index (χ1n) is 13.4. The summed E-state index contributed by atoms with van der Waals surface area (Å²) in [5.74, 6) is -0.316. The van der Waals surface area contributed by atoms with Gasteiger partial charge >= 0.3 is 0 Å². The van der Waals surface area contributed by atoms with Crippen LogP contribution in [0, 0.1) is 6.92 Å². The minimum absolute atomic E-state index is 0.192. The highest BCUT2D eigenvalue weighted by molar-refractivity contribution is 7.07. The van der Waals surface area contributed by atoms with E-state index in [4.69, 9.17) is 0 Å². The maximum Gasteiger partial charge on any atom is 0.275 e. The molecule has 39 heavy (non-hydrogen) atoms. The number of nitrogens with one attached hydrogen (secondary N) is 2. The number of thiazole rings is 1. The summed E-state index contributed by atoms with van der Waals surface area (Å²) in [6.45, 7) is 7.34. The molecule has 0 aliphatic carbocycles. The molecule has 3 aromatic rings. The lowest BCUT2D eigenvalue weighted by molar-refractivity contribution is -0.127. The standard InChI is InChI=1S/C29H34N6O3S/c1-21-6-2-3-7-25(21)33-14-16-34(17-15-33)26-10-9-22(18-23(26)32-29(38)24-19-39-20-31-24)28(37)30-11-5-13-35-12-4-8-27(35)36/h2-3,6-7,9-10,18-20H,4-5,8,11-17H2,1H3,(H,30,37)(H,32,38). The third-order valence-corrected chi connectivity index (χ3v) is 7.90. The average Bonchev–Trinajstić information content (AvgIpc) is 3.64. The molecule has 0 bridgehead atoms. The van der Waals surface area contributed by atoms with Crippen LogP contribution < -0.4 is 20.4 Å². The molecule has 2 aromatic carbocycles. The smallest absolute Gasteiger partial charge is 0.275 e. The average molecular weight is 547 g/mol. The Kier molecular flexibility index (Phi) is 8.41. The zero-order valence-corrected chi connectivity index (χ0v) is 23.0. The molecule has 0 radical (unpaired) electrons. The van der Waals surface area contributed by atoms with Crippen molar-refractivity contribution in [3.63, 3.8) is 0 Å². The van der Waals surface area contributed by atoms with Crippen molar-refractivity contribution < 1.29 is 14.4 Å². The van der Waals surface area contributed by atoms with Crippen LogP contribution in [0.2, 0.25) is 0 Å². The van der Waals surface area contributed by atoms with Gasteiger partial charge in [0, 0.05) is 68.9 Å². The molecular weight excluding hydrogens is 512 g/mol. The highest BCUT2D eigenvalue weighted by Gasteiger charge is 2.23. The Morgan fingerprint density at radius 2 is 1.74 bits per heavy atom. The number of amides is 3. The van der Waals surface area contributed by atoms with Crippen LogP contribution in [-0.2, 0) is 4.79 Å². The van der Waals surface area contributed by atoms with E-state index in [2.05, 4.69) is 56.6 Å². The van der Waals surface area contributed by atoms with E-state index in [0.717, 1.165) is 44.8 Å². The van der Waals surface area contributed by atoms with Crippen molar-refractivity contribution in [2.45, 2.75) is 26.2 Å². The van der Waals surface area contributed by atoms with Crippen molar-refractivity contribution in [1.29, 1.82) is 0 Å². The number of hydrogen-bond donors (Lipinski definition) is 2. The fourth-order valence-electron chi connectivity index (χ4n) is 5.19. The zero-order valence-electron chi connectivity index (χ0n) is 22.2. The third kappa shape index (κ3) is 6.39. The van der Waals surface area contributed by atoms with Crippen molar-refractivity contribution in [3.05, 3.63) is 70.2 Å². The highest BCUT2D eigenvalue weighted by atomic mass is 32.1. The number of carbonyl (C=O) groups excluding carboxylic acids is 3. The predicted molar refractivity (Wildman–Crippen MR) is 155 cm³/mol. The Balaban J connectivity index is 1.27. The number of nitrogens with zero attached hydrogens (tertiary/aromatic N) is 4. The summed E-state index contributed by atoms with van der Waals surface area (Å²) >= 11 is 1.36. The number of benzene rings is 2. The molecule has 204 valence electrons. The van der Waals surface area contributed by atoms with Gasteiger partial charge in [0.1, 0.15) is 5.69 Å². The number of aromatic nitrogens is 1. The summed E-state index contributed by atoms with van der Waals surface area (Å²) in [5, 5.41) is 7.65. The fraction of sp³-hybridized carbons (Fsp3) is 0.379. The monoisotopic (exact) mass is 546 g/mol. The Labute approximate surface area is 232 Å². The first kappa shape index (κ1) is 26.7. The van der Waals surface area contributed by atoms with Gasteiger partial charge in [0.05, 0.1) is 16.9 Å². The van der Waals surface area contributed by atoms with Gasteiger partial charge in [0.25, 0.3) is 11.8 Å². The topological polar surface area (TPSA) is 97.9 Å². The van der Waals surface area contributed by atoms with Gasteiger partial charge in [-0.15, -0.1) is 11.3 Å². The maximum absolute atomic E-state index is 13.0. The Morgan fingerprint density at radius 1 is 0.974 bits per heavy atom. The van der Waals surface area contributed by atoms with Gasteiger partial charge in [-0.1, -0.05) is 18.2 Å². The summed E-state index contributed by atoms with van der Waals surface area (Å²) in [7, 11) is 0. The molecule has 0 atom stereocenters. The SMILES string of the molecule is Cc1ccccc1N1CCN(c2ccc(C(=O)NCCCN3CCCC3=O)cc2NC(=O)c2cscn2)CC1. The molecule has 2 aliphatic heterocycles. The molecule has 0 spiro atoms. The van der Waals surface area contributed by atoms with Crippen molar-refractivity contribution in [2.75, 3.05) is 60.9 Å². The maximum atomic E-state index is 13.0. The second kappa shape index (κ2) is 12.3. The van der Waals surface area contributed by atoms with E-state index >= 15 is 0 Å². The summed E-state index contributed by atoms with van der Waals surface area (Å²) in [5.41, 5.74) is 6.42. The van der Waals surface area contributed by atoms with Crippen LogP contribution in [0.3, 0.4) is 0 Å². The number of para-hydroxylation sites is 1. The highest BCUT2D eigenvalue weighted by Crippen LogP contribution is 2.30. The van der Waals surface area contributed by atoms with Gasteiger partial charge in [0.2, 0.25) is 5.91 Å². The lowest BCUT2D eigenvalue weighted by atomic mass is 10.1. The van der Waals surface area contributed by atoms with Gasteiger partial charge in [-0.05, 0) is 49.6 Å². The van der Waals surface area contributed by atoms with Crippen molar-refractivity contribution in [1.82, 2.24) is 15.2 Å². The predicted octanol–water partition coefficient (Wildman–Crippen LogP) is 3.77. The van der Waals surface area contributed by atoms with E-state index in [0.29, 0.717) is 42.9 Å². The molecule has 3 heterocycles. The van der Waals surface area contributed by atoms with E-state index < -0.39 is 0 Å². The number of piperazine rings is 1. The molecule has 9 nitrogen and oxygen atoms in total. The molecule has 1 aromatic heterocycles. The van der Waals surface area contributed by atoms with E-state index in [9.17, 15) is 14.4 Å². The second-order valence-corrected chi connectivity index (χ2v) is 10.6. The summed E-state index contributed by atoms with van der Waals surface area (Å²) in [4.78, 5) is 48.3. The molecular formula is C29H34N6O3S. The number of rotatable bonds is 9. The van der Waals surface area contributed by atoms with Crippen LogP contribution in [0.1, 0.15) is 45.7 Å². The van der Waals surface area contributed by atoms with Gasteiger partial charge in [-0.3, -0.25) is 14.4 Å². The van der Waals surface area contributed by atoms with Gasteiger partial charge in [-0.2, -0.15) is 0 Å². The van der Waals surface area contributed by atoms with Crippen LogP contribution >= 0.6 is 11.3 Å². The second-order valence-electron chi connectivity index (χ2n) is 9.91. The minimum Gasteiger partial charge on any atom is -0.368 e. The Hall–Kier alpha value is -3.92. The lowest BCUT2D eigenvalue weighted by Gasteiger charge is -2.38. The quantitative estimate of drug-likeness (QED) is 0.397. The van der Waals surface area contributed by atoms with Crippen molar-refractivity contribution >= 4 is 46.1 Å². The fourth-order valence-corrected chi connectivity index (χ4v) is 5.72. The Bertz CT molecular complexity index is 1320. The van der Waals surface area contributed by atoms with Crippen molar-refractivity contribution in [3.8, 4) is 0 Å². The normalized spacial score (nSPS) is 15.5. The molecule has 2 aliphatic rings. The number of anilines is 3. The third-order valence-electron chi connectivity index (χ3n) is 7.31. The van der Waals surface area contributed by atoms with Gasteiger partial charge < -0.3 is 25.3 Å². The molecule has 5 rings (SSSR count). The molecule has 2 saturated heterocycles. The van der Waals surface area contributed by atoms with Gasteiger partial charge in [-0.25, -0.2) is 4.98 Å². The largest absolute Gasteiger partial charge is 0.368 e. The lowest BCUT2D eigenvalue weighted by Crippen LogP contribution is -2.47. The van der Waals surface area contributed by atoms with E-state index in [1.54, 1.807) is 23.0 Å². The Morgan fingerprint density at radius 3 is 2.44 bits per heavy atom. The molecule has 2 N–H and O–H groups in total. The van der Waals surface area contributed by atoms with Crippen LogP contribution in [-0.4, -0.2) is 73.4 Å². The summed E-state index contributed by atoms with van der Waals surface area (Å²) in [6, 6.07) is 13.9. The van der Waals surface area contributed by atoms with Gasteiger partial charge in [0.15, 0.2) is 0 Å². The number of hydrogen-bond acceptors (Lipinski definition) is 7. The van der Waals surface area contributed by atoms with E-state index in [1.807, 2.05) is 11.0 Å². The first-order valence-corrected chi connectivity index (χ1v) is 14.4. The molecule has 0 saturated carbocycles. The molecule has 10 heteroatoms. The number of likely N-dealkylation sites (tertiary alicyclic amines) is 1. The minimum atomic E-state index is -0.302. The summed E-state index contributed by atoms with van der Waals surface area (Å²) < 4.78 is 0. The molecule has 2 fully saturated rings. The zero-order chi connectivity index (χ0) is 27.2. The number of aryl methyl sites for hydroxylation is 1. The van der Waals surface area contributed by atoms with E-state index in [1.165, 1.54) is 22.6 Å². The van der Waals surface area contributed by atoms with Crippen LogP contribution in [0.25, 0.3) is 0 Å². The molecule has 3 amide bonds. The number of carbonyl (C=O) groups is 3. The first-order chi connectivity index (χ1) is 19.0. The summed E-state index contributed by atoms with van der Waals surface area (Å²) in [6.07, 6.45) is 2.23.